The summed E-state index contributed by atoms with van der Waals surface area (Å²) in [5.74, 6) is -0.486. The van der Waals surface area contributed by atoms with Crippen molar-refractivity contribution in [2.24, 2.45) is 0 Å². The molecule has 3 nitrogen and oxygen atoms in total. The fourth-order valence-corrected chi connectivity index (χ4v) is 1.88. The Morgan fingerprint density at radius 2 is 2.05 bits per heavy atom. The zero-order valence-electron chi connectivity index (χ0n) is 11.9. The number of hydrogen-bond acceptors (Lipinski definition) is 2. The normalized spacial score (nSPS) is 11.3. The number of nitrogens with one attached hydrogen (secondary N) is 1. The van der Waals surface area contributed by atoms with Gasteiger partial charge in [0.2, 0.25) is 0 Å². The number of nitrogens with zero attached hydrogens (tertiary/aromatic N) is 1. The van der Waals surface area contributed by atoms with Crippen LogP contribution in [0.4, 0.5) is 18.9 Å². The summed E-state index contributed by atoms with van der Waals surface area (Å²) in [5.41, 5.74) is 0.853. The van der Waals surface area contributed by atoms with Crippen LogP contribution in [0.1, 0.15) is 30.1 Å². The van der Waals surface area contributed by atoms with Crippen LogP contribution < -0.4 is 5.32 Å². The van der Waals surface area contributed by atoms with E-state index in [1.54, 1.807) is 12.1 Å². The quantitative estimate of drug-likeness (QED) is 0.852. The van der Waals surface area contributed by atoms with Crippen molar-refractivity contribution in [2.75, 3.05) is 25.5 Å². The second-order valence-corrected chi connectivity index (χ2v) is 5.15. The first-order valence-corrected chi connectivity index (χ1v) is 6.98. The molecule has 0 aliphatic heterocycles. The van der Waals surface area contributed by atoms with Gasteiger partial charge in [0, 0.05) is 30.8 Å². The fourth-order valence-electron chi connectivity index (χ4n) is 1.71. The molecule has 0 spiro atoms. The van der Waals surface area contributed by atoms with E-state index in [2.05, 4.69) is 5.32 Å². The lowest BCUT2D eigenvalue weighted by Crippen LogP contribution is -2.31. The van der Waals surface area contributed by atoms with Gasteiger partial charge in [-0.1, -0.05) is 18.5 Å². The Hall–Kier alpha value is -1.43. The third-order valence-corrected chi connectivity index (χ3v) is 3.09. The van der Waals surface area contributed by atoms with Gasteiger partial charge in [0.15, 0.2) is 0 Å². The Labute approximate surface area is 127 Å². The van der Waals surface area contributed by atoms with Crippen LogP contribution in [0.2, 0.25) is 5.02 Å². The molecule has 118 valence electrons. The number of alkyl halides is 3. The van der Waals surface area contributed by atoms with Gasteiger partial charge in [0.05, 0.1) is 12.0 Å². The molecule has 1 aromatic rings. The molecule has 21 heavy (non-hydrogen) atoms. The number of rotatable bonds is 6. The summed E-state index contributed by atoms with van der Waals surface area (Å²) in [5, 5.41) is 3.44. The van der Waals surface area contributed by atoms with E-state index in [-0.39, 0.29) is 12.1 Å². The molecule has 0 unspecified atom stereocenters. The molecule has 0 atom stereocenters. The molecule has 1 amide bonds. The zero-order valence-corrected chi connectivity index (χ0v) is 12.7. The van der Waals surface area contributed by atoms with E-state index in [4.69, 9.17) is 11.6 Å². The minimum atomic E-state index is -4.29. The maximum Gasteiger partial charge on any atom is 0.390 e. The first-order chi connectivity index (χ1) is 9.74. The zero-order chi connectivity index (χ0) is 16.0. The highest BCUT2D eigenvalue weighted by Crippen LogP contribution is 2.24. The van der Waals surface area contributed by atoms with E-state index in [1.165, 1.54) is 13.1 Å². The molecule has 0 aromatic heterocycles. The highest BCUT2D eigenvalue weighted by atomic mass is 35.5. The lowest BCUT2D eigenvalue weighted by Gasteiger charge is -2.20. The van der Waals surface area contributed by atoms with E-state index in [1.807, 2.05) is 6.92 Å². The smallest absolute Gasteiger partial charge is 0.384 e. The monoisotopic (exact) mass is 322 g/mol. The van der Waals surface area contributed by atoms with Crippen LogP contribution in [0.15, 0.2) is 18.2 Å². The Morgan fingerprint density at radius 1 is 1.38 bits per heavy atom. The topological polar surface area (TPSA) is 32.3 Å². The summed E-state index contributed by atoms with van der Waals surface area (Å²) in [7, 11) is 1.35. The molecule has 0 aliphatic rings. The Kier molecular flexibility index (Phi) is 6.33. The van der Waals surface area contributed by atoms with Gasteiger partial charge < -0.3 is 10.2 Å². The van der Waals surface area contributed by atoms with Crippen molar-refractivity contribution in [3.05, 3.63) is 28.8 Å². The third kappa shape index (κ3) is 5.83. The summed E-state index contributed by atoms with van der Waals surface area (Å²) in [6.45, 7) is 2.25. The van der Waals surface area contributed by atoms with Crippen LogP contribution in [-0.4, -0.2) is 37.1 Å². The fraction of sp³-hybridized carbons (Fsp3) is 0.500. The lowest BCUT2D eigenvalue weighted by atomic mass is 10.1. The second-order valence-electron chi connectivity index (χ2n) is 4.71. The van der Waals surface area contributed by atoms with E-state index in [9.17, 15) is 18.0 Å². The molecule has 0 aliphatic carbocycles. The highest BCUT2D eigenvalue weighted by Gasteiger charge is 2.28. The molecule has 0 saturated heterocycles. The number of anilines is 1. The number of carbonyl (C=O) groups excluding carboxylic acids is 1. The summed E-state index contributed by atoms with van der Waals surface area (Å²) >= 11 is 5.87. The van der Waals surface area contributed by atoms with Gasteiger partial charge in [-0.05, 0) is 24.6 Å². The van der Waals surface area contributed by atoms with Crippen LogP contribution >= 0.6 is 11.6 Å². The number of halogens is 4. The van der Waals surface area contributed by atoms with Crippen molar-refractivity contribution in [1.29, 1.82) is 0 Å². The van der Waals surface area contributed by atoms with E-state index < -0.39 is 18.5 Å². The van der Waals surface area contributed by atoms with Crippen molar-refractivity contribution >= 4 is 23.2 Å². The molecule has 0 heterocycles. The number of hydrogen-bond donors (Lipinski definition) is 1. The van der Waals surface area contributed by atoms with Crippen LogP contribution in [0.25, 0.3) is 0 Å². The molecular formula is C14H18ClF3N2O. The van der Waals surface area contributed by atoms with Gasteiger partial charge in [-0.25, -0.2) is 0 Å². The van der Waals surface area contributed by atoms with Gasteiger partial charge in [-0.15, -0.1) is 0 Å². The molecule has 0 fully saturated rings. The van der Waals surface area contributed by atoms with Crippen LogP contribution in [0.3, 0.4) is 0 Å². The number of benzene rings is 1. The molecule has 1 aromatic carbocycles. The Bertz CT molecular complexity index is 492. The van der Waals surface area contributed by atoms with Crippen molar-refractivity contribution in [1.82, 2.24) is 4.90 Å². The first-order valence-electron chi connectivity index (χ1n) is 6.60. The summed E-state index contributed by atoms with van der Waals surface area (Å²) in [6, 6.07) is 4.75. The predicted molar refractivity (Wildman–Crippen MR) is 77.9 cm³/mol. The molecule has 1 N–H and O–H groups in total. The van der Waals surface area contributed by atoms with E-state index in [0.717, 1.165) is 11.3 Å². The maximum atomic E-state index is 12.3. The average molecular weight is 323 g/mol. The minimum absolute atomic E-state index is 0.278. The van der Waals surface area contributed by atoms with E-state index in [0.29, 0.717) is 17.3 Å². The molecule has 0 radical (unpaired) electrons. The van der Waals surface area contributed by atoms with Gasteiger partial charge >= 0.3 is 6.18 Å². The molecule has 7 heteroatoms. The van der Waals surface area contributed by atoms with E-state index >= 15 is 0 Å². The van der Waals surface area contributed by atoms with Gasteiger partial charge in [-0.3, -0.25) is 4.79 Å². The van der Waals surface area contributed by atoms with Crippen molar-refractivity contribution in [3.63, 3.8) is 0 Å². The third-order valence-electron chi connectivity index (χ3n) is 2.85. The average Bonchev–Trinajstić information content (AvgIpc) is 2.41. The largest absolute Gasteiger partial charge is 0.390 e. The van der Waals surface area contributed by atoms with Crippen molar-refractivity contribution in [2.45, 2.75) is 25.9 Å². The predicted octanol–water partition coefficient (Wildman–Crippen LogP) is 4.19. The summed E-state index contributed by atoms with van der Waals surface area (Å²) in [6.07, 6.45) is -4.46. The Balaban J connectivity index is 2.86. The van der Waals surface area contributed by atoms with Crippen LogP contribution in [0.5, 0.6) is 0 Å². The summed E-state index contributed by atoms with van der Waals surface area (Å²) < 4.78 is 36.7. The molecular weight excluding hydrogens is 305 g/mol. The first kappa shape index (κ1) is 17.6. The van der Waals surface area contributed by atoms with Crippen molar-refractivity contribution < 1.29 is 18.0 Å². The van der Waals surface area contributed by atoms with Crippen LogP contribution in [0, 0.1) is 0 Å². The molecule has 1 rings (SSSR count). The molecule has 0 bridgehead atoms. The number of amides is 1. The minimum Gasteiger partial charge on any atom is -0.384 e. The summed E-state index contributed by atoms with van der Waals surface area (Å²) in [4.78, 5) is 13.3. The number of carbonyl (C=O) groups is 1. The SMILES string of the molecule is CCCNc1ccc(Cl)cc1C(=O)N(C)CCC(F)(F)F. The second kappa shape index (κ2) is 7.54. The lowest BCUT2D eigenvalue weighted by molar-refractivity contribution is -0.136. The van der Waals surface area contributed by atoms with Gasteiger partial charge in [0.1, 0.15) is 0 Å². The van der Waals surface area contributed by atoms with Gasteiger partial charge in [-0.2, -0.15) is 13.2 Å². The highest BCUT2D eigenvalue weighted by molar-refractivity contribution is 6.31. The molecule has 0 saturated carbocycles. The Morgan fingerprint density at radius 3 is 2.62 bits per heavy atom. The van der Waals surface area contributed by atoms with Crippen LogP contribution in [-0.2, 0) is 0 Å². The standard InChI is InChI=1S/C14H18ClF3N2O/c1-3-7-19-12-5-4-10(15)9-11(12)13(21)20(2)8-6-14(16,17)18/h4-5,9,19H,3,6-8H2,1-2H3. The van der Waals surface area contributed by atoms with Gasteiger partial charge in [0.25, 0.3) is 5.91 Å². The van der Waals surface area contributed by atoms with Crippen molar-refractivity contribution in [3.8, 4) is 0 Å². The maximum absolute atomic E-state index is 12.3.